The highest BCUT2D eigenvalue weighted by Gasteiger charge is 2.36. The van der Waals surface area contributed by atoms with Crippen molar-refractivity contribution in [2.45, 2.75) is 18.9 Å². The molecule has 0 aromatic carbocycles. The number of carboxylic acid groups (broad SMARTS) is 1. The van der Waals surface area contributed by atoms with Gasteiger partial charge in [-0.05, 0) is 12.8 Å². The second-order valence-corrected chi connectivity index (χ2v) is 4.13. The van der Waals surface area contributed by atoms with Crippen molar-refractivity contribution in [3.63, 3.8) is 0 Å². The van der Waals surface area contributed by atoms with Crippen LogP contribution in [-0.4, -0.2) is 65.8 Å². The molecule has 0 aromatic rings. The monoisotopic (exact) mass is 228 g/mol. The average Bonchev–Trinajstić information content (AvgIpc) is 3.10. The van der Waals surface area contributed by atoms with Crippen LogP contribution in [0.1, 0.15) is 12.8 Å². The third-order valence-electron chi connectivity index (χ3n) is 2.82. The third kappa shape index (κ3) is 2.63. The Hall–Kier alpha value is -1.30. The van der Waals surface area contributed by atoms with E-state index in [0.717, 1.165) is 12.8 Å². The molecule has 0 spiro atoms. The van der Waals surface area contributed by atoms with Crippen LogP contribution in [0.2, 0.25) is 0 Å². The van der Waals surface area contributed by atoms with Crippen LogP contribution in [0, 0.1) is 0 Å². The maximum absolute atomic E-state index is 12.0. The van der Waals surface area contributed by atoms with E-state index >= 15 is 0 Å². The number of aliphatic carboxylic acids is 1. The molecule has 0 aromatic heterocycles. The molecule has 1 aliphatic heterocycles. The summed E-state index contributed by atoms with van der Waals surface area (Å²) in [6, 6.07) is -0.0281. The van der Waals surface area contributed by atoms with E-state index < -0.39 is 5.97 Å². The van der Waals surface area contributed by atoms with Crippen molar-refractivity contribution in [1.82, 2.24) is 9.80 Å². The molecular weight excluding hydrogens is 212 g/mol. The normalized spacial score (nSPS) is 20.6. The Balaban J connectivity index is 1.95. The second kappa shape index (κ2) is 4.69. The van der Waals surface area contributed by atoms with Gasteiger partial charge in [0.1, 0.15) is 6.54 Å². The minimum atomic E-state index is -0.950. The Bertz CT molecular complexity index is 285. The van der Waals surface area contributed by atoms with Gasteiger partial charge in [0.25, 0.3) is 0 Å². The van der Waals surface area contributed by atoms with Gasteiger partial charge < -0.3 is 19.6 Å². The van der Waals surface area contributed by atoms with E-state index in [0.29, 0.717) is 26.3 Å². The molecule has 1 saturated heterocycles. The molecule has 2 fully saturated rings. The summed E-state index contributed by atoms with van der Waals surface area (Å²) in [6.45, 7) is 2.00. The molecule has 0 atom stereocenters. The summed E-state index contributed by atoms with van der Waals surface area (Å²) < 4.78 is 5.16. The molecule has 2 amide bonds. The zero-order chi connectivity index (χ0) is 11.5. The first-order chi connectivity index (χ1) is 7.68. The highest BCUT2D eigenvalue weighted by molar-refractivity contribution is 5.80. The number of carboxylic acids is 1. The summed E-state index contributed by atoms with van der Waals surface area (Å²) in [7, 11) is 0. The lowest BCUT2D eigenvalue weighted by Crippen LogP contribution is -2.50. The number of hydrogen-bond acceptors (Lipinski definition) is 3. The van der Waals surface area contributed by atoms with Crippen molar-refractivity contribution < 1.29 is 19.4 Å². The van der Waals surface area contributed by atoms with Crippen molar-refractivity contribution in [3.8, 4) is 0 Å². The summed E-state index contributed by atoms with van der Waals surface area (Å²) in [5.74, 6) is -0.950. The van der Waals surface area contributed by atoms with E-state index in [1.54, 1.807) is 4.90 Å². The summed E-state index contributed by atoms with van der Waals surface area (Å²) in [4.78, 5) is 25.9. The van der Waals surface area contributed by atoms with Crippen LogP contribution in [0.3, 0.4) is 0 Å². The second-order valence-electron chi connectivity index (χ2n) is 4.13. The number of hydrogen-bond donors (Lipinski definition) is 1. The Labute approximate surface area is 93.8 Å². The third-order valence-corrected chi connectivity index (χ3v) is 2.82. The molecule has 16 heavy (non-hydrogen) atoms. The van der Waals surface area contributed by atoms with Crippen LogP contribution < -0.4 is 0 Å². The number of rotatable bonds is 3. The van der Waals surface area contributed by atoms with Gasteiger partial charge in [-0.25, -0.2) is 4.79 Å². The van der Waals surface area contributed by atoms with Gasteiger partial charge >= 0.3 is 12.0 Å². The van der Waals surface area contributed by atoms with Gasteiger partial charge in [-0.15, -0.1) is 0 Å². The fraction of sp³-hybridized carbons (Fsp3) is 0.800. The molecule has 2 aliphatic rings. The molecular formula is C10H16N2O4. The highest BCUT2D eigenvalue weighted by Crippen LogP contribution is 2.27. The fourth-order valence-corrected chi connectivity index (χ4v) is 1.82. The molecule has 0 radical (unpaired) electrons. The van der Waals surface area contributed by atoms with Crippen molar-refractivity contribution in [2.24, 2.45) is 0 Å². The predicted octanol–water partition coefficient (Wildman–Crippen LogP) is -0.0124. The molecule has 0 bridgehead atoms. The van der Waals surface area contributed by atoms with Crippen LogP contribution >= 0.6 is 0 Å². The number of nitrogens with zero attached hydrogens (tertiary/aromatic N) is 2. The highest BCUT2D eigenvalue weighted by atomic mass is 16.5. The van der Waals surface area contributed by atoms with Crippen LogP contribution in [0.15, 0.2) is 0 Å². The van der Waals surface area contributed by atoms with Gasteiger partial charge in [-0.2, -0.15) is 0 Å². The lowest BCUT2D eigenvalue weighted by molar-refractivity contribution is -0.137. The van der Waals surface area contributed by atoms with Gasteiger partial charge in [0, 0.05) is 19.1 Å². The van der Waals surface area contributed by atoms with Gasteiger partial charge in [0.2, 0.25) is 0 Å². The molecule has 2 rings (SSSR count). The van der Waals surface area contributed by atoms with E-state index in [1.807, 2.05) is 0 Å². The molecule has 0 unspecified atom stereocenters. The van der Waals surface area contributed by atoms with E-state index in [9.17, 15) is 9.59 Å². The molecule has 1 saturated carbocycles. The van der Waals surface area contributed by atoms with Gasteiger partial charge in [-0.1, -0.05) is 0 Å². The molecule has 1 aliphatic carbocycles. The Morgan fingerprint density at radius 1 is 1.31 bits per heavy atom. The fourth-order valence-electron chi connectivity index (χ4n) is 1.82. The van der Waals surface area contributed by atoms with E-state index in [-0.39, 0.29) is 18.6 Å². The predicted molar refractivity (Wildman–Crippen MR) is 55.2 cm³/mol. The van der Waals surface area contributed by atoms with Crippen LogP contribution in [0.4, 0.5) is 4.79 Å². The maximum Gasteiger partial charge on any atom is 0.323 e. The van der Waals surface area contributed by atoms with Gasteiger partial charge in [0.15, 0.2) is 0 Å². The molecule has 1 N–H and O–H groups in total. The lowest BCUT2D eigenvalue weighted by Gasteiger charge is -2.32. The van der Waals surface area contributed by atoms with Crippen molar-refractivity contribution in [2.75, 3.05) is 32.8 Å². The largest absolute Gasteiger partial charge is 0.480 e. The Morgan fingerprint density at radius 3 is 2.44 bits per heavy atom. The summed E-state index contributed by atoms with van der Waals surface area (Å²) >= 11 is 0. The molecule has 6 heteroatoms. The van der Waals surface area contributed by atoms with E-state index in [1.165, 1.54) is 4.90 Å². The van der Waals surface area contributed by atoms with Crippen LogP contribution in [0.5, 0.6) is 0 Å². The molecule has 90 valence electrons. The first-order valence-corrected chi connectivity index (χ1v) is 5.53. The average molecular weight is 228 g/mol. The Kier molecular flexibility index (Phi) is 3.28. The van der Waals surface area contributed by atoms with Gasteiger partial charge in [-0.3, -0.25) is 4.79 Å². The first kappa shape index (κ1) is 11.2. The number of urea groups is 1. The van der Waals surface area contributed by atoms with Crippen molar-refractivity contribution in [3.05, 3.63) is 0 Å². The number of carbonyl (C=O) groups excluding carboxylic acids is 1. The first-order valence-electron chi connectivity index (χ1n) is 5.53. The van der Waals surface area contributed by atoms with Gasteiger partial charge in [0.05, 0.1) is 13.2 Å². The zero-order valence-corrected chi connectivity index (χ0v) is 9.09. The number of carbonyl (C=O) groups is 2. The lowest BCUT2D eigenvalue weighted by atomic mass is 10.4. The SMILES string of the molecule is O=C(O)CN(C(=O)N1CCOCC1)C1CC1. The topological polar surface area (TPSA) is 70.1 Å². The standard InChI is InChI=1S/C10H16N2O4/c13-9(14)7-12(8-1-2-8)10(15)11-3-5-16-6-4-11/h8H,1-7H2,(H,13,14). The van der Waals surface area contributed by atoms with E-state index in [2.05, 4.69) is 0 Å². The molecule has 1 heterocycles. The number of ether oxygens (including phenoxy) is 1. The van der Waals surface area contributed by atoms with Crippen LogP contribution in [0.25, 0.3) is 0 Å². The minimum absolute atomic E-state index is 0.131. The Morgan fingerprint density at radius 2 is 1.94 bits per heavy atom. The van der Waals surface area contributed by atoms with Crippen molar-refractivity contribution in [1.29, 1.82) is 0 Å². The molecule has 6 nitrogen and oxygen atoms in total. The van der Waals surface area contributed by atoms with E-state index in [4.69, 9.17) is 9.84 Å². The quantitative estimate of drug-likeness (QED) is 0.737. The summed E-state index contributed by atoms with van der Waals surface area (Å²) in [6.07, 6.45) is 1.84. The van der Waals surface area contributed by atoms with Crippen molar-refractivity contribution >= 4 is 12.0 Å². The minimum Gasteiger partial charge on any atom is -0.480 e. The number of morpholine rings is 1. The summed E-state index contributed by atoms with van der Waals surface area (Å²) in [5.41, 5.74) is 0. The number of amides is 2. The smallest absolute Gasteiger partial charge is 0.323 e. The van der Waals surface area contributed by atoms with Crippen LogP contribution in [-0.2, 0) is 9.53 Å². The summed E-state index contributed by atoms with van der Waals surface area (Å²) in [5, 5.41) is 8.77. The zero-order valence-electron chi connectivity index (χ0n) is 9.09. The maximum atomic E-state index is 12.0.